The molecule has 186 valence electrons. The largest absolute Gasteiger partial charge is 0.508 e. The number of ether oxygens (including phenoxy) is 3. The van der Waals surface area contributed by atoms with Gasteiger partial charge in [0, 0.05) is 17.2 Å². The van der Waals surface area contributed by atoms with E-state index in [0.717, 1.165) is 0 Å². The summed E-state index contributed by atoms with van der Waals surface area (Å²) >= 11 is 0. The number of nitrogens with one attached hydrogen (secondary N) is 2. The predicted molar refractivity (Wildman–Crippen MR) is 136 cm³/mol. The maximum atomic E-state index is 12.9. The summed E-state index contributed by atoms with van der Waals surface area (Å²) in [5.74, 6) is 0.819. The Bertz CT molecular complexity index is 1290. The van der Waals surface area contributed by atoms with E-state index in [-0.39, 0.29) is 18.4 Å². The molecule has 9 nitrogen and oxygen atoms in total. The molecular weight excluding hydrogens is 462 g/mol. The lowest BCUT2D eigenvalue weighted by Gasteiger charge is -2.31. The molecule has 5 N–H and O–H groups in total. The molecule has 0 unspecified atom stereocenters. The second-order valence-electron chi connectivity index (χ2n) is 8.80. The lowest BCUT2D eigenvalue weighted by molar-refractivity contribution is -0.112. The van der Waals surface area contributed by atoms with Crippen molar-refractivity contribution in [2.45, 2.75) is 20.0 Å². The summed E-state index contributed by atoms with van der Waals surface area (Å²) in [4.78, 5) is 25.4. The zero-order valence-electron chi connectivity index (χ0n) is 19.9. The molecule has 0 aliphatic carbocycles. The standard InChI is InChI=1S/C27H27N3O6/c1-27(2,14-13-24(32)30-21-6-4-3-5-20(21)28)25(17-7-10-19(31)11-8-17)36-26(33)29-18-9-12-22-23(15-18)35-16-34-22/h3-15,25,31H,16,28H2,1-2H3,(H,29,33)(H,30,32)/b14-13+/t25-/m1/s1. The van der Waals surface area contributed by atoms with Crippen LogP contribution in [0, 0.1) is 5.41 Å². The first-order valence-corrected chi connectivity index (χ1v) is 11.2. The molecule has 0 radical (unpaired) electrons. The molecule has 9 heteroatoms. The Kier molecular flexibility index (Phi) is 7.00. The number of fused-ring (bicyclic) bond motifs is 1. The average Bonchev–Trinajstić information content (AvgIpc) is 3.31. The summed E-state index contributed by atoms with van der Waals surface area (Å²) in [6, 6.07) is 18.3. The molecule has 0 saturated carbocycles. The third-order valence-electron chi connectivity index (χ3n) is 5.60. The molecule has 0 fully saturated rings. The summed E-state index contributed by atoms with van der Waals surface area (Å²) in [6.45, 7) is 3.79. The number of rotatable bonds is 7. The Morgan fingerprint density at radius 3 is 2.50 bits per heavy atom. The highest BCUT2D eigenvalue weighted by atomic mass is 16.7. The monoisotopic (exact) mass is 489 g/mol. The van der Waals surface area contributed by atoms with Crippen LogP contribution in [0.25, 0.3) is 0 Å². The summed E-state index contributed by atoms with van der Waals surface area (Å²) in [7, 11) is 0. The third kappa shape index (κ3) is 5.87. The fourth-order valence-electron chi connectivity index (χ4n) is 3.69. The zero-order chi connectivity index (χ0) is 25.7. The number of hydrogen-bond acceptors (Lipinski definition) is 7. The molecule has 4 rings (SSSR count). The van der Waals surface area contributed by atoms with Crippen molar-refractivity contribution >= 4 is 29.1 Å². The molecule has 1 heterocycles. The zero-order valence-corrected chi connectivity index (χ0v) is 19.9. The van der Waals surface area contributed by atoms with Gasteiger partial charge in [0.25, 0.3) is 0 Å². The van der Waals surface area contributed by atoms with Gasteiger partial charge in [0.2, 0.25) is 12.7 Å². The van der Waals surface area contributed by atoms with E-state index in [1.165, 1.54) is 18.2 Å². The number of phenolic OH excluding ortho intramolecular Hbond substituents is 1. The van der Waals surface area contributed by atoms with Crippen molar-refractivity contribution in [1.29, 1.82) is 0 Å². The molecule has 36 heavy (non-hydrogen) atoms. The van der Waals surface area contributed by atoms with Crippen molar-refractivity contribution in [1.82, 2.24) is 0 Å². The summed E-state index contributed by atoms with van der Waals surface area (Å²) in [5, 5.41) is 15.1. The average molecular weight is 490 g/mol. The SMILES string of the molecule is CC(C)(/C=C/C(=O)Nc1ccccc1N)[C@H](OC(=O)Nc1ccc2c(c1)OCO2)c1ccc(O)cc1. The fraction of sp³-hybridized carbons (Fsp3) is 0.185. The smallest absolute Gasteiger partial charge is 0.412 e. The van der Waals surface area contributed by atoms with E-state index in [0.29, 0.717) is 34.1 Å². The number of nitrogen functional groups attached to an aromatic ring is 1. The van der Waals surface area contributed by atoms with Gasteiger partial charge in [-0.05, 0) is 48.0 Å². The highest BCUT2D eigenvalue weighted by molar-refractivity contribution is 6.01. The van der Waals surface area contributed by atoms with Gasteiger partial charge >= 0.3 is 6.09 Å². The van der Waals surface area contributed by atoms with Gasteiger partial charge in [0.15, 0.2) is 11.5 Å². The van der Waals surface area contributed by atoms with Crippen LogP contribution in [-0.2, 0) is 9.53 Å². The van der Waals surface area contributed by atoms with E-state index in [1.807, 2.05) is 13.8 Å². The van der Waals surface area contributed by atoms with Gasteiger partial charge in [0.1, 0.15) is 11.9 Å². The Balaban J connectivity index is 1.51. The summed E-state index contributed by atoms with van der Waals surface area (Å²) in [6.07, 6.45) is 1.54. The van der Waals surface area contributed by atoms with Gasteiger partial charge in [-0.3, -0.25) is 10.1 Å². The van der Waals surface area contributed by atoms with Crippen LogP contribution >= 0.6 is 0 Å². The molecule has 1 aliphatic rings. The first kappa shape index (κ1) is 24.5. The van der Waals surface area contributed by atoms with Crippen molar-refractivity contribution in [3.8, 4) is 17.2 Å². The number of carbonyl (C=O) groups is 2. The van der Waals surface area contributed by atoms with Crippen molar-refractivity contribution in [3.63, 3.8) is 0 Å². The molecule has 3 aromatic carbocycles. The molecule has 0 saturated heterocycles. The number of nitrogens with two attached hydrogens (primary N) is 1. The quantitative estimate of drug-likeness (QED) is 0.264. The maximum Gasteiger partial charge on any atom is 0.412 e. The Morgan fingerprint density at radius 2 is 1.75 bits per heavy atom. The number of anilines is 3. The van der Waals surface area contributed by atoms with Crippen molar-refractivity contribution < 1.29 is 28.9 Å². The van der Waals surface area contributed by atoms with Gasteiger partial charge in [-0.1, -0.05) is 44.2 Å². The highest BCUT2D eigenvalue weighted by Crippen LogP contribution is 2.39. The number of para-hydroxylation sites is 2. The molecule has 1 atom stereocenters. The van der Waals surface area contributed by atoms with E-state index >= 15 is 0 Å². The lowest BCUT2D eigenvalue weighted by Crippen LogP contribution is -2.28. The van der Waals surface area contributed by atoms with Gasteiger partial charge in [-0.2, -0.15) is 0 Å². The van der Waals surface area contributed by atoms with Crippen molar-refractivity contribution in [2.24, 2.45) is 5.41 Å². The van der Waals surface area contributed by atoms with E-state index in [9.17, 15) is 14.7 Å². The first-order valence-electron chi connectivity index (χ1n) is 11.2. The van der Waals surface area contributed by atoms with Crippen LogP contribution in [0.15, 0.2) is 78.9 Å². The third-order valence-corrected chi connectivity index (χ3v) is 5.60. The minimum absolute atomic E-state index is 0.0792. The number of carbonyl (C=O) groups excluding carboxylic acids is 2. The summed E-state index contributed by atoms with van der Waals surface area (Å²) in [5.41, 5.74) is 7.14. The summed E-state index contributed by atoms with van der Waals surface area (Å²) < 4.78 is 16.5. The molecule has 3 aromatic rings. The Labute approximate surface area is 208 Å². The minimum atomic E-state index is -0.817. The minimum Gasteiger partial charge on any atom is -0.508 e. The van der Waals surface area contributed by atoms with Crippen LogP contribution in [0.5, 0.6) is 17.2 Å². The number of aromatic hydroxyl groups is 1. The fourth-order valence-corrected chi connectivity index (χ4v) is 3.69. The van der Waals surface area contributed by atoms with E-state index in [1.54, 1.807) is 60.7 Å². The lowest BCUT2D eigenvalue weighted by atomic mass is 9.82. The number of benzene rings is 3. The first-order chi connectivity index (χ1) is 17.2. The molecule has 2 amide bonds. The Hall–Kier alpha value is -4.66. The van der Waals surface area contributed by atoms with Crippen molar-refractivity contribution in [2.75, 3.05) is 23.2 Å². The van der Waals surface area contributed by atoms with Crippen LogP contribution in [0.3, 0.4) is 0 Å². The topological polar surface area (TPSA) is 132 Å². The van der Waals surface area contributed by atoms with Crippen LogP contribution in [0.4, 0.5) is 21.9 Å². The van der Waals surface area contributed by atoms with Gasteiger partial charge in [-0.15, -0.1) is 0 Å². The molecule has 0 bridgehead atoms. The van der Waals surface area contributed by atoms with Gasteiger partial charge in [0.05, 0.1) is 11.4 Å². The van der Waals surface area contributed by atoms with E-state index in [2.05, 4.69) is 10.6 Å². The van der Waals surface area contributed by atoms with Crippen LogP contribution in [0.1, 0.15) is 25.5 Å². The van der Waals surface area contributed by atoms with Crippen LogP contribution < -0.4 is 25.8 Å². The second kappa shape index (κ2) is 10.3. The molecule has 0 aromatic heterocycles. The van der Waals surface area contributed by atoms with E-state index in [4.69, 9.17) is 19.9 Å². The molecule has 1 aliphatic heterocycles. The predicted octanol–water partition coefficient (Wildman–Crippen LogP) is 5.21. The number of phenols is 1. The number of amides is 2. The van der Waals surface area contributed by atoms with Crippen LogP contribution in [0.2, 0.25) is 0 Å². The normalized spacial score (nSPS) is 13.3. The maximum absolute atomic E-state index is 12.9. The number of hydrogen-bond donors (Lipinski definition) is 4. The van der Waals surface area contributed by atoms with Gasteiger partial charge < -0.3 is 30.4 Å². The van der Waals surface area contributed by atoms with Crippen LogP contribution in [-0.4, -0.2) is 23.9 Å². The molecular formula is C27H27N3O6. The van der Waals surface area contributed by atoms with Crippen molar-refractivity contribution in [3.05, 3.63) is 84.4 Å². The van der Waals surface area contributed by atoms with Gasteiger partial charge in [-0.25, -0.2) is 4.79 Å². The Morgan fingerprint density at radius 1 is 1.03 bits per heavy atom. The highest BCUT2D eigenvalue weighted by Gasteiger charge is 2.33. The molecule has 0 spiro atoms. The van der Waals surface area contributed by atoms with E-state index < -0.39 is 17.6 Å². The second-order valence-corrected chi connectivity index (χ2v) is 8.80.